The Morgan fingerprint density at radius 3 is 2.44 bits per heavy atom. The van der Waals surface area contributed by atoms with Crippen molar-refractivity contribution in [2.45, 2.75) is 45.4 Å². The summed E-state index contributed by atoms with van der Waals surface area (Å²) in [7, 11) is -3.64. The van der Waals surface area contributed by atoms with E-state index in [0.29, 0.717) is 48.9 Å². The summed E-state index contributed by atoms with van der Waals surface area (Å²) in [6.45, 7) is 8.49. The normalized spacial score (nSPS) is 16.5. The van der Waals surface area contributed by atoms with Crippen molar-refractivity contribution in [3.05, 3.63) is 28.4 Å². The van der Waals surface area contributed by atoms with Gasteiger partial charge in [0.2, 0.25) is 15.9 Å². The predicted molar refractivity (Wildman–Crippen MR) is 97.7 cm³/mol. The third-order valence-electron chi connectivity index (χ3n) is 4.98. The van der Waals surface area contributed by atoms with Crippen LogP contribution in [0.25, 0.3) is 0 Å². The Hall–Kier alpha value is -2.20. The first kappa shape index (κ1) is 19.6. The molecule has 1 N–H and O–H groups in total. The van der Waals surface area contributed by atoms with E-state index >= 15 is 0 Å². The average Bonchev–Trinajstić information content (AvgIpc) is 2.99. The van der Waals surface area contributed by atoms with Gasteiger partial charge < -0.3 is 9.42 Å². The van der Waals surface area contributed by atoms with Crippen LogP contribution >= 0.6 is 0 Å². The number of rotatable bonds is 4. The molecule has 9 nitrogen and oxygen atoms in total. The zero-order valence-electron chi connectivity index (χ0n) is 16.1. The van der Waals surface area contributed by atoms with E-state index in [2.05, 4.69) is 15.4 Å². The van der Waals surface area contributed by atoms with E-state index < -0.39 is 10.0 Å². The van der Waals surface area contributed by atoms with Crippen molar-refractivity contribution in [2.75, 3.05) is 26.2 Å². The SMILES string of the molecule is Cc1noc(C)c1CC(=O)N1CCCN(S(=O)(=O)c2c(C)n[nH]c2C)CC1. The van der Waals surface area contributed by atoms with E-state index in [1.807, 2.05) is 6.92 Å². The highest BCUT2D eigenvalue weighted by Gasteiger charge is 2.32. The molecule has 0 bridgehead atoms. The molecule has 2 aromatic heterocycles. The van der Waals surface area contributed by atoms with E-state index in [1.165, 1.54) is 4.31 Å². The number of amides is 1. The van der Waals surface area contributed by atoms with Crippen LogP contribution in [0.2, 0.25) is 0 Å². The molecule has 10 heteroatoms. The van der Waals surface area contributed by atoms with Crippen LogP contribution in [0.1, 0.15) is 34.8 Å². The lowest BCUT2D eigenvalue weighted by atomic mass is 10.1. The van der Waals surface area contributed by atoms with Gasteiger partial charge in [-0.25, -0.2) is 8.42 Å². The smallest absolute Gasteiger partial charge is 0.246 e. The highest BCUT2D eigenvalue weighted by Crippen LogP contribution is 2.23. The van der Waals surface area contributed by atoms with Crippen LogP contribution in [0.5, 0.6) is 0 Å². The molecule has 27 heavy (non-hydrogen) atoms. The molecule has 3 rings (SSSR count). The van der Waals surface area contributed by atoms with Crippen LogP contribution in [0.3, 0.4) is 0 Å². The van der Waals surface area contributed by atoms with Crippen LogP contribution in [-0.4, -0.2) is 65.1 Å². The lowest BCUT2D eigenvalue weighted by Crippen LogP contribution is -2.38. The van der Waals surface area contributed by atoms with Crippen molar-refractivity contribution in [1.82, 2.24) is 24.6 Å². The second-order valence-corrected chi connectivity index (χ2v) is 8.76. The van der Waals surface area contributed by atoms with Gasteiger partial charge in [-0.3, -0.25) is 9.89 Å². The topological polar surface area (TPSA) is 112 Å². The summed E-state index contributed by atoms with van der Waals surface area (Å²) in [6, 6.07) is 0. The number of aromatic nitrogens is 3. The van der Waals surface area contributed by atoms with Gasteiger partial charge in [0.25, 0.3) is 0 Å². The van der Waals surface area contributed by atoms with Gasteiger partial charge in [0, 0.05) is 31.7 Å². The molecule has 3 heterocycles. The minimum atomic E-state index is -3.64. The second kappa shape index (κ2) is 7.43. The first-order chi connectivity index (χ1) is 12.7. The van der Waals surface area contributed by atoms with Crippen LogP contribution in [0, 0.1) is 27.7 Å². The van der Waals surface area contributed by atoms with Gasteiger partial charge in [0.05, 0.1) is 23.5 Å². The number of nitrogens with one attached hydrogen (secondary N) is 1. The largest absolute Gasteiger partial charge is 0.361 e. The van der Waals surface area contributed by atoms with E-state index in [1.54, 1.807) is 25.7 Å². The monoisotopic (exact) mass is 395 g/mol. The quantitative estimate of drug-likeness (QED) is 0.829. The maximum atomic E-state index is 13.0. The molecule has 0 radical (unpaired) electrons. The summed E-state index contributed by atoms with van der Waals surface area (Å²) in [5.41, 5.74) is 2.51. The molecule has 0 saturated carbocycles. The highest BCUT2D eigenvalue weighted by atomic mass is 32.2. The van der Waals surface area contributed by atoms with Crippen molar-refractivity contribution >= 4 is 15.9 Å². The molecule has 1 amide bonds. The number of hydrogen-bond donors (Lipinski definition) is 1. The highest BCUT2D eigenvalue weighted by molar-refractivity contribution is 7.89. The number of carbonyl (C=O) groups is 1. The van der Waals surface area contributed by atoms with E-state index in [9.17, 15) is 13.2 Å². The minimum absolute atomic E-state index is 0.0423. The number of aromatic amines is 1. The standard InChI is InChI=1S/C17H25N5O4S/c1-11-15(14(4)26-20-11)10-16(23)21-6-5-7-22(9-8-21)27(24,25)17-12(2)18-19-13(17)3/h5-10H2,1-4H3,(H,18,19). The van der Waals surface area contributed by atoms with Crippen LogP contribution in [-0.2, 0) is 21.2 Å². The Bertz CT molecular complexity index is 908. The van der Waals surface area contributed by atoms with Crippen molar-refractivity contribution in [2.24, 2.45) is 0 Å². The Balaban J connectivity index is 1.71. The summed E-state index contributed by atoms with van der Waals surface area (Å²) in [4.78, 5) is 14.6. The van der Waals surface area contributed by atoms with E-state index in [0.717, 1.165) is 5.56 Å². The maximum Gasteiger partial charge on any atom is 0.246 e. The van der Waals surface area contributed by atoms with Gasteiger partial charge in [-0.2, -0.15) is 9.40 Å². The molecule has 0 aromatic carbocycles. The number of carbonyl (C=O) groups excluding carboxylic acids is 1. The Morgan fingerprint density at radius 2 is 1.85 bits per heavy atom. The molecular weight excluding hydrogens is 370 g/mol. The van der Waals surface area contributed by atoms with Gasteiger partial charge >= 0.3 is 0 Å². The van der Waals surface area contributed by atoms with Crippen molar-refractivity contribution in [3.8, 4) is 0 Å². The van der Waals surface area contributed by atoms with Gasteiger partial charge in [0.1, 0.15) is 10.7 Å². The summed E-state index contributed by atoms with van der Waals surface area (Å²) in [6.07, 6.45) is 0.802. The Kier molecular flexibility index (Phi) is 5.38. The van der Waals surface area contributed by atoms with Gasteiger partial charge in [0.15, 0.2) is 0 Å². The maximum absolute atomic E-state index is 13.0. The lowest BCUT2D eigenvalue weighted by molar-refractivity contribution is -0.130. The summed E-state index contributed by atoms with van der Waals surface area (Å²) in [5.74, 6) is 0.602. The molecule has 0 unspecified atom stereocenters. The first-order valence-electron chi connectivity index (χ1n) is 8.93. The third-order valence-corrected chi connectivity index (χ3v) is 7.14. The summed E-state index contributed by atoms with van der Waals surface area (Å²) < 4.78 is 32.6. The van der Waals surface area contributed by atoms with Gasteiger partial charge in [-0.1, -0.05) is 5.16 Å². The van der Waals surface area contributed by atoms with Crippen molar-refractivity contribution in [3.63, 3.8) is 0 Å². The number of hydrogen-bond acceptors (Lipinski definition) is 6. The minimum Gasteiger partial charge on any atom is -0.361 e. The molecule has 0 aliphatic carbocycles. The van der Waals surface area contributed by atoms with Gasteiger partial charge in [-0.05, 0) is 34.1 Å². The molecule has 0 atom stereocenters. The zero-order valence-corrected chi connectivity index (χ0v) is 16.9. The van der Waals surface area contributed by atoms with Crippen LogP contribution in [0.4, 0.5) is 0 Å². The third kappa shape index (κ3) is 3.77. The first-order valence-corrected chi connectivity index (χ1v) is 10.4. The summed E-state index contributed by atoms with van der Waals surface area (Å²) in [5, 5.41) is 10.6. The number of nitrogens with zero attached hydrogens (tertiary/aromatic N) is 4. The Morgan fingerprint density at radius 1 is 1.11 bits per heavy atom. The molecule has 148 valence electrons. The second-order valence-electron chi connectivity index (χ2n) is 6.88. The molecule has 1 aliphatic heterocycles. The number of sulfonamides is 1. The lowest BCUT2D eigenvalue weighted by Gasteiger charge is -2.22. The van der Waals surface area contributed by atoms with Gasteiger partial charge in [-0.15, -0.1) is 0 Å². The van der Waals surface area contributed by atoms with Crippen LogP contribution in [0.15, 0.2) is 9.42 Å². The zero-order chi connectivity index (χ0) is 19.8. The molecule has 0 spiro atoms. The number of H-pyrrole nitrogens is 1. The number of aryl methyl sites for hydroxylation is 4. The molecule has 1 fully saturated rings. The molecule has 1 aliphatic rings. The van der Waals surface area contributed by atoms with Crippen molar-refractivity contribution in [1.29, 1.82) is 0 Å². The fourth-order valence-electron chi connectivity index (χ4n) is 3.45. The van der Waals surface area contributed by atoms with Crippen molar-refractivity contribution < 1.29 is 17.7 Å². The predicted octanol–water partition coefficient (Wildman–Crippen LogP) is 1.10. The van der Waals surface area contributed by atoms with E-state index in [4.69, 9.17) is 4.52 Å². The average molecular weight is 395 g/mol. The molecular formula is C17H25N5O4S. The molecule has 2 aromatic rings. The fraction of sp³-hybridized carbons (Fsp3) is 0.588. The summed E-state index contributed by atoms with van der Waals surface area (Å²) >= 11 is 0. The van der Waals surface area contributed by atoms with E-state index in [-0.39, 0.29) is 23.8 Å². The Labute approximate surface area is 158 Å². The fourth-order valence-corrected chi connectivity index (χ4v) is 5.25. The van der Waals surface area contributed by atoms with Crippen LogP contribution < -0.4 is 0 Å². The molecule has 1 saturated heterocycles.